The van der Waals surface area contributed by atoms with Gasteiger partial charge in [0.2, 0.25) is 5.91 Å². The summed E-state index contributed by atoms with van der Waals surface area (Å²) in [6, 6.07) is 10.4. The van der Waals surface area contributed by atoms with Crippen LogP contribution in [-0.2, 0) is 11.0 Å². The molecule has 0 heterocycles. The van der Waals surface area contributed by atoms with Gasteiger partial charge in [0.15, 0.2) is 5.11 Å². The van der Waals surface area contributed by atoms with Gasteiger partial charge in [-0.3, -0.25) is 9.69 Å². The first-order chi connectivity index (χ1) is 13.7. The number of nitriles is 1. The largest absolute Gasteiger partial charge is 0.508 e. The number of nitrogens with one attached hydrogen (secondary N) is 1. The van der Waals surface area contributed by atoms with Gasteiger partial charge in [0.05, 0.1) is 22.9 Å². The Hall–Kier alpha value is -3.12. The Kier molecular flexibility index (Phi) is 5.75. The Labute approximate surface area is 170 Å². The smallest absolute Gasteiger partial charge is 0.417 e. The van der Waals surface area contributed by atoms with Crippen LogP contribution in [0.15, 0.2) is 42.5 Å². The van der Waals surface area contributed by atoms with Crippen molar-refractivity contribution in [3.63, 3.8) is 0 Å². The lowest BCUT2D eigenvalue weighted by Crippen LogP contribution is -2.45. The number of rotatable bonds is 3. The molecule has 0 aromatic heterocycles. The summed E-state index contributed by atoms with van der Waals surface area (Å²) in [5.74, 6) is -0.685. The zero-order valence-corrected chi connectivity index (χ0v) is 15.8. The molecule has 2 aromatic rings. The Morgan fingerprint density at radius 2 is 1.86 bits per heavy atom. The zero-order chi connectivity index (χ0) is 21.2. The van der Waals surface area contributed by atoms with Crippen molar-refractivity contribution in [1.29, 1.82) is 5.26 Å². The van der Waals surface area contributed by atoms with E-state index in [4.69, 9.17) is 17.5 Å². The number of alkyl halides is 3. The maximum absolute atomic E-state index is 13.4. The molecule has 2 aromatic carbocycles. The molecule has 0 aliphatic heterocycles. The first-order valence-electron chi connectivity index (χ1n) is 8.76. The average molecular weight is 419 g/mol. The van der Waals surface area contributed by atoms with E-state index < -0.39 is 23.2 Å². The third-order valence-electron chi connectivity index (χ3n) is 4.68. The molecule has 0 unspecified atom stereocenters. The normalized spacial score (nSPS) is 13.9. The zero-order valence-electron chi connectivity index (χ0n) is 15.0. The molecule has 3 rings (SSSR count). The first kappa shape index (κ1) is 20.6. The fraction of sp³-hybridized carbons (Fsp3) is 0.250. The number of phenolic OH excluding ortho intramolecular Hbond substituents is 1. The molecule has 0 spiro atoms. The van der Waals surface area contributed by atoms with E-state index in [1.165, 1.54) is 36.4 Å². The van der Waals surface area contributed by atoms with Crippen LogP contribution in [-0.4, -0.2) is 16.1 Å². The second-order valence-corrected chi connectivity index (χ2v) is 7.00. The number of aromatic hydroxyl groups is 1. The van der Waals surface area contributed by atoms with E-state index in [0.717, 1.165) is 23.5 Å². The van der Waals surface area contributed by atoms with Gasteiger partial charge in [-0.15, -0.1) is 0 Å². The van der Waals surface area contributed by atoms with E-state index in [-0.39, 0.29) is 22.5 Å². The van der Waals surface area contributed by atoms with Gasteiger partial charge in [0, 0.05) is 11.6 Å². The van der Waals surface area contributed by atoms with Gasteiger partial charge in [-0.2, -0.15) is 18.4 Å². The molecule has 1 fully saturated rings. The van der Waals surface area contributed by atoms with E-state index in [0.29, 0.717) is 18.5 Å². The number of hydrogen-bond donors (Lipinski definition) is 2. The summed E-state index contributed by atoms with van der Waals surface area (Å²) in [6.45, 7) is 0. The van der Waals surface area contributed by atoms with Crippen LogP contribution < -0.4 is 10.2 Å². The van der Waals surface area contributed by atoms with Gasteiger partial charge in [-0.1, -0.05) is 6.42 Å². The highest BCUT2D eigenvalue weighted by molar-refractivity contribution is 7.80. The molecule has 5 nitrogen and oxygen atoms in total. The van der Waals surface area contributed by atoms with Gasteiger partial charge in [0.1, 0.15) is 5.75 Å². The lowest BCUT2D eigenvalue weighted by Gasteiger charge is -2.32. The Balaban J connectivity index is 1.99. The molecule has 1 aliphatic carbocycles. The van der Waals surface area contributed by atoms with Crippen molar-refractivity contribution in [3.8, 4) is 11.8 Å². The number of hydrogen-bond acceptors (Lipinski definition) is 4. The minimum absolute atomic E-state index is 0.0331. The molecule has 29 heavy (non-hydrogen) atoms. The topological polar surface area (TPSA) is 76.4 Å². The molecule has 1 saturated carbocycles. The molecular formula is C20H16F3N3O2S. The standard InChI is InChI=1S/C20H16F3N3O2S/c21-20(22,23)17-10-15(7-4-13(17)11-24)26(18(28)12-2-1-3-12)19(29)25-14-5-8-16(27)9-6-14/h4-10,12,27H,1-3H2,(H,25,29). The maximum Gasteiger partial charge on any atom is 0.417 e. The summed E-state index contributed by atoms with van der Waals surface area (Å²) in [4.78, 5) is 14.0. The minimum Gasteiger partial charge on any atom is -0.508 e. The highest BCUT2D eigenvalue weighted by atomic mass is 32.1. The van der Waals surface area contributed by atoms with E-state index in [2.05, 4.69) is 5.32 Å². The molecule has 9 heteroatoms. The van der Waals surface area contributed by atoms with Gasteiger partial charge in [-0.25, -0.2) is 0 Å². The van der Waals surface area contributed by atoms with Crippen molar-refractivity contribution >= 4 is 34.6 Å². The summed E-state index contributed by atoms with van der Waals surface area (Å²) in [7, 11) is 0. The van der Waals surface area contributed by atoms with Crippen LogP contribution in [0.5, 0.6) is 5.75 Å². The quantitative estimate of drug-likeness (QED) is 0.551. The summed E-state index contributed by atoms with van der Waals surface area (Å²) in [5, 5.41) is 21.1. The number of amides is 1. The summed E-state index contributed by atoms with van der Waals surface area (Å²) >= 11 is 5.32. The second kappa shape index (κ2) is 8.09. The van der Waals surface area contributed by atoms with Crippen molar-refractivity contribution in [3.05, 3.63) is 53.6 Å². The second-order valence-electron chi connectivity index (χ2n) is 6.62. The van der Waals surface area contributed by atoms with Crippen molar-refractivity contribution in [2.24, 2.45) is 5.92 Å². The molecule has 1 amide bonds. The van der Waals surface area contributed by atoms with Crippen LogP contribution in [0.4, 0.5) is 24.5 Å². The molecule has 2 N–H and O–H groups in total. The summed E-state index contributed by atoms with van der Waals surface area (Å²) in [6.07, 6.45) is -2.61. The van der Waals surface area contributed by atoms with E-state index in [1.807, 2.05) is 0 Å². The third kappa shape index (κ3) is 4.49. The molecule has 0 atom stereocenters. The van der Waals surface area contributed by atoms with Gasteiger partial charge >= 0.3 is 6.18 Å². The fourth-order valence-corrected chi connectivity index (χ4v) is 3.22. The van der Waals surface area contributed by atoms with E-state index in [9.17, 15) is 23.1 Å². The molecule has 1 aliphatic rings. The Morgan fingerprint density at radius 3 is 2.38 bits per heavy atom. The molecule has 0 saturated heterocycles. The number of halogens is 3. The lowest BCUT2D eigenvalue weighted by atomic mass is 9.84. The van der Waals surface area contributed by atoms with E-state index >= 15 is 0 Å². The van der Waals surface area contributed by atoms with Crippen LogP contribution in [0.25, 0.3) is 0 Å². The monoisotopic (exact) mass is 419 g/mol. The molecule has 0 radical (unpaired) electrons. The Bertz CT molecular complexity index is 980. The maximum atomic E-state index is 13.4. The first-order valence-corrected chi connectivity index (χ1v) is 9.17. The summed E-state index contributed by atoms with van der Waals surface area (Å²) in [5.41, 5.74) is -1.26. The van der Waals surface area contributed by atoms with Gasteiger partial charge in [0.25, 0.3) is 0 Å². The number of phenols is 1. The highest BCUT2D eigenvalue weighted by Gasteiger charge is 2.37. The number of nitrogens with zero attached hydrogens (tertiary/aromatic N) is 2. The number of benzene rings is 2. The number of anilines is 2. The van der Waals surface area contributed by atoms with Crippen molar-refractivity contribution < 1.29 is 23.1 Å². The van der Waals surface area contributed by atoms with Crippen molar-refractivity contribution in [2.45, 2.75) is 25.4 Å². The van der Waals surface area contributed by atoms with E-state index in [1.54, 1.807) is 0 Å². The van der Waals surface area contributed by atoms with Crippen LogP contribution >= 0.6 is 12.2 Å². The van der Waals surface area contributed by atoms with Crippen molar-refractivity contribution in [1.82, 2.24) is 0 Å². The SMILES string of the molecule is N#Cc1ccc(N(C(=O)C2CCC2)C(=S)Nc2ccc(O)cc2)cc1C(F)(F)F. The van der Waals surface area contributed by atoms with Crippen molar-refractivity contribution in [2.75, 3.05) is 10.2 Å². The van der Waals surface area contributed by atoms with Crippen LogP contribution in [0.3, 0.4) is 0 Å². The molecule has 0 bridgehead atoms. The molecular weight excluding hydrogens is 403 g/mol. The molecule has 150 valence electrons. The predicted octanol–water partition coefficient (Wildman–Crippen LogP) is 4.81. The number of carbonyl (C=O) groups is 1. The van der Waals surface area contributed by atoms with Gasteiger partial charge in [-0.05, 0) is 67.5 Å². The minimum atomic E-state index is -4.75. The highest BCUT2D eigenvalue weighted by Crippen LogP contribution is 2.36. The fourth-order valence-electron chi connectivity index (χ4n) is 2.91. The lowest BCUT2D eigenvalue weighted by molar-refractivity contribution is -0.137. The number of thiocarbonyl (C=S) groups is 1. The third-order valence-corrected chi connectivity index (χ3v) is 4.97. The van der Waals surface area contributed by atoms with Crippen LogP contribution in [0.2, 0.25) is 0 Å². The average Bonchev–Trinajstić information content (AvgIpc) is 2.61. The van der Waals surface area contributed by atoms with Crippen LogP contribution in [0.1, 0.15) is 30.4 Å². The Morgan fingerprint density at radius 1 is 1.21 bits per heavy atom. The van der Waals surface area contributed by atoms with Gasteiger partial charge < -0.3 is 10.4 Å². The predicted molar refractivity (Wildman–Crippen MR) is 105 cm³/mol. The van der Waals surface area contributed by atoms with Crippen LogP contribution in [0, 0.1) is 17.2 Å². The summed E-state index contributed by atoms with van der Waals surface area (Å²) < 4.78 is 40.1. The number of carbonyl (C=O) groups excluding carboxylic acids is 1.